The number of aryl methyl sites for hydroxylation is 2. The van der Waals surface area contributed by atoms with Gasteiger partial charge in [0, 0.05) is 25.3 Å². The van der Waals surface area contributed by atoms with Crippen LogP contribution in [0.2, 0.25) is 0 Å². The predicted molar refractivity (Wildman–Crippen MR) is 146 cm³/mol. The highest BCUT2D eigenvalue weighted by atomic mass is 32.2. The van der Waals surface area contributed by atoms with Crippen molar-refractivity contribution in [1.82, 2.24) is 5.32 Å². The molecule has 0 saturated carbocycles. The summed E-state index contributed by atoms with van der Waals surface area (Å²) in [6.07, 6.45) is 2.49. The highest BCUT2D eigenvalue weighted by Gasteiger charge is 2.28. The van der Waals surface area contributed by atoms with Crippen molar-refractivity contribution in [3.63, 3.8) is 0 Å². The van der Waals surface area contributed by atoms with Gasteiger partial charge in [0.1, 0.15) is 6.54 Å². The third-order valence-corrected chi connectivity index (χ3v) is 8.46. The van der Waals surface area contributed by atoms with E-state index >= 15 is 0 Å². The molecule has 3 aromatic rings. The summed E-state index contributed by atoms with van der Waals surface area (Å²) in [5, 5.41) is 2.90. The van der Waals surface area contributed by atoms with Crippen LogP contribution < -0.4 is 14.5 Å². The second-order valence-electron chi connectivity index (χ2n) is 9.75. The molecule has 7 heteroatoms. The molecule has 1 atom stereocenters. The van der Waals surface area contributed by atoms with Crippen molar-refractivity contribution < 1.29 is 13.2 Å². The second kappa shape index (κ2) is 11.2. The van der Waals surface area contributed by atoms with Gasteiger partial charge in [0.2, 0.25) is 5.91 Å². The Bertz CT molecular complexity index is 1290. The number of nitrogens with zero attached hydrogens (tertiary/aromatic N) is 2. The van der Waals surface area contributed by atoms with Crippen LogP contribution in [-0.4, -0.2) is 34.0 Å². The third-order valence-electron chi connectivity index (χ3n) is 6.69. The summed E-state index contributed by atoms with van der Waals surface area (Å²) in [5.41, 5.74) is 4.50. The van der Waals surface area contributed by atoms with Crippen LogP contribution >= 0.6 is 0 Å². The van der Waals surface area contributed by atoms with Crippen LogP contribution in [0.3, 0.4) is 0 Å². The maximum Gasteiger partial charge on any atom is 0.264 e. The van der Waals surface area contributed by atoms with Gasteiger partial charge in [-0.3, -0.25) is 9.10 Å². The first kappa shape index (κ1) is 25.8. The summed E-state index contributed by atoms with van der Waals surface area (Å²) in [7, 11) is -3.92. The average Bonchev–Trinajstić information content (AvgIpc) is 2.87. The van der Waals surface area contributed by atoms with Gasteiger partial charge in [0.05, 0.1) is 10.6 Å². The van der Waals surface area contributed by atoms with Crippen LogP contribution in [0.15, 0.2) is 77.7 Å². The molecule has 4 rings (SSSR count). The Morgan fingerprint density at radius 3 is 2.42 bits per heavy atom. The van der Waals surface area contributed by atoms with Gasteiger partial charge in [-0.2, -0.15) is 0 Å². The Hall–Kier alpha value is -3.32. The first-order valence-corrected chi connectivity index (χ1v) is 13.9. The lowest BCUT2D eigenvalue weighted by molar-refractivity contribution is -0.119. The molecule has 0 aliphatic carbocycles. The topological polar surface area (TPSA) is 69.7 Å². The van der Waals surface area contributed by atoms with E-state index in [9.17, 15) is 13.2 Å². The number of benzene rings is 3. The number of sulfonamides is 1. The Labute approximate surface area is 215 Å². The number of hydrogen-bond acceptors (Lipinski definition) is 4. The van der Waals surface area contributed by atoms with E-state index in [2.05, 4.69) is 29.3 Å². The molecular formula is C29H35N3O3S. The average molecular weight is 506 g/mol. The maximum absolute atomic E-state index is 13.5. The van der Waals surface area contributed by atoms with Crippen molar-refractivity contribution >= 4 is 27.3 Å². The molecule has 6 nitrogen and oxygen atoms in total. The van der Waals surface area contributed by atoms with E-state index in [1.165, 1.54) is 22.8 Å². The SMILES string of the molecule is Cc1ccc(N(CC(=O)NCc2ccc(N3CCCC(C)C3)cc2)S(=O)(=O)c2ccccc2)c(C)c1. The first-order chi connectivity index (χ1) is 17.2. The van der Waals surface area contributed by atoms with Crippen LogP contribution in [0, 0.1) is 19.8 Å². The first-order valence-electron chi connectivity index (χ1n) is 12.5. The predicted octanol–water partition coefficient (Wildman–Crippen LogP) is 5.05. The number of amides is 1. The van der Waals surface area contributed by atoms with E-state index in [0.717, 1.165) is 29.8 Å². The Morgan fingerprint density at radius 2 is 1.75 bits per heavy atom. The fourth-order valence-corrected chi connectivity index (χ4v) is 6.25. The molecule has 1 fully saturated rings. The molecule has 1 unspecified atom stereocenters. The summed E-state index contributed by atoms with van der Waals surface area (Å²) >= 11 is 0. The summed E-state index contributed by atoms with van der Waals surface area (Å²) in [6.45, 7) is 8.28. The summed E-state index contributed by atoms with van der Waals surface area (Å²) < 4.78 is 28.3. The summed E-state index contributed by atoms with van der Waals surface area (Å²) in [6, 6.07) is 22.0. The van der Waals surface area contributed by atoms with E-state index in [0.29, 0.717) is 18.2 Å². The van der Waals surface area contributed by atoms with E-state index < -0.39 is 10.0 Å². The van der Waals surface area contributed by atoms with Gasteiger partial charge in [-0.15, -0.1) is 0 Å². The third kappa shape index (κ3) is 6.08. The van der Waals surface area contributed by atoms with Crippen molar-refractivity contribution in [2.75, 3.05) is 28.8 Å². The molecule has 1 aliphatic rings. The zero-order chi connectivity index (χ0) is 25.7. The molecule has 3 aromatic carbocycles. The van der Waals surface area contributed by atoms with Crippen molar-refractivity contribution in [1.29, 1.82) is 0 Å². The standard InChI is InChI=1S/C29H35N3O3S/c1-22-11-16-28(24(3)18-22)32(36(34,35)27-9-5-4-6-10-27)21-29(33)30-19-25-12-14-26(15-13-25)31-17-7-8-23(2)20-31/h4-6,9-16,18,23H,7-8,17,19-21H2,1-3H3,(H,30,33). The van der Waals surface area contributed by atoms with Crippen molar-refractivity contribution in [2.45, 2.75) is 45.1 Å². The normalized spacial score (nSPS) is 16.0. The zero-order valence-electron chi connectivity index (χ0n) is 21.3. The largest absolute Gasteiger partial charge is 0.371 e. The molecule has 1 heterocycles. The number of carbonyl (C=O) groups excluding carboxylic acids is 1. The van der Waals surface area contributed by atoms with Gasteiger partial charge >= 0.3 is 0 Å². The van der Waals surface area contributed by atoms with Crippen molar-refractivity contribution in [3.8, 4) is 0 Å². The Morgan fingerprint density at radius 1 is 1.03 bits per heavy atom. The lowest BCUT2D eigenvalue weighted by atomic mass is 9.99. The number of piperidine rings is 1. The zero-order valence-corrected chi connectivity index (χ0v) is 22.1. The molecule has 36 heavy (non-hydrogen) atoms. The minimum atomic E-state index is -3.92. The molecule has 0 bridgehead atoms. The second-order valence-corrected chi connectivity index (χ2v) is 11.6. The van der Waals surface area contributed by atoms with Gasteiger partial charge in [0.15, 0.2) is 0 Å². The van der Waals surface area contributed by atoms with Crippen LogP contribution in [0.1, 0.15) is 36.5 Å². The van der Waals surface area contributed by atoms with E-state index in [-0.39, 0.29) is 17.3 Å². The number of carbonyl (C=O) groups is 1. The van der Waals surface area contributed by atoms with Crippen LogP contribution in [0.5, 0.6) is 0 Å². The van der Waals surface area contributed by atoms with E-state index in [1.807, 2.05) is 38.1 Å². The minimum Gasteiger partial charge on any atom is -0.371 e. The van der Waals surface area contributed by atoms with Crippen LogP contribution in [0.25, 0.3) is 0 Å². The van der Waals surface area contributed by atoms with Crippen LogP contribution in [0.4, 0.5) is 11.4 Å². The molecule has 0 radical (unpaired) electrons. The molecule has 0 spiro atoms. The maximum atomic E-state index is 13.5. The lowest BCUT2D eigenvalue weighted by Gasteiger charge is -2.32. The van der Waals surface area contributed by atoms with Gasteiger partial charge in [-0.05, 0) is 74.1 Å². The van der Waals surface area contributed by atoms with Gasteiger partial charge in [-0.1, -0.05) is 55.0 Å². The van der Waals surface area contributed by atoms with E-state index in [1.54, 1.807) is 36.4 Å². The molecule has 1 aliphatic heterocycles. The Kier molecular flexibility index (Phi) is 7.99. The number of rotatable bonds is 8. The monoisotopic (exact) mass is 505 g/mol. The van der Waals surface area contributed by atoms with Crippen molar-refractivity contribution in [2.24, 2.45) is 5.92 Å². The molecule has 0 aromatic heterocycles. The smallest absolute Gasteiger partial charge is 0.264 e. The molecular weight excluding hydrogens is 470 g/mol. The lowest BCUT2D eigenvalue weighted by Crippen LogP contribution is -2.41. The minimum absolute atomic E-state index is 0.153. The van der Waals surface area contributed by atoms with Gasteiger partial charge in [0.25, 0.3) is 10.0 Å². The summed E-state index contributed by atoms with van der Waals surface area (Å²) in [4.78, 5) is 15.5. The van der Waals surface area contributed by atoms with Crippen LogP contribution in [-0.2, 0) is 21.4 Å². The molecule has 190 valence electrons. The number of nitrogens with one attached hydrogen (secondary N) is 1. The summed E-state index contributed by atoms with van der Waals surface area (Å²) in [5.74, 6) is 0.341. The molecule has 1 N–H and O–H groups in total. The van der Waals surface area contributed by atoms with Crippen molar-refractivity contribution in [3.05, 3.63) is 89.5 Å². The molecule has 1 saturated heterocycles. The fraction of sp³-hybridized carbons (Fsp3) is 0.345. The molecule has 1 amide bonds. The highest BCUT2D eigenvalue weighted by Crippen LogP contribution is 2.27. The number of anilines is 2. The van der Waals surface area contributed by atoms with E-state index in [4.69, 9.17) is 0 Å². The van der Waals surface area contributed by atoms with Gasteiger partial charge < -0.3 is 10.2 Å². The Balaban J connectivity index is 1.47. The van der Waals surface area contributed by atoms with Gasteiger partial charge in [-0.25, -0.2) is 8.42 Å². The number of hydrogen-bond donors (Lipinski definition) is 1. The fourth-order valence-electron chi connectivity index (χ4n) is 4.74. The quantitative estimate of drug-likeness (QED) is 0.465. The highest BCUT2D eigenvalue weighted by molar-refractivity contribution is 7.92.